The van der Waals surface area contributed by atoms with Gasteiger partial charge in [-0.2, -0.15) is 0 Å². The van der Waals surface area contributed by atoms with Crippen molar-refractivity contribution in [2.75, 3.05) is 0 Å². The maximum Gasteiger partial charge on any atom is 0.328 e. The van der Waals surface area contributed by atoms with Gasteiger partial charge in [0.15, 0.2) is 0 Å². The van der Waals surface area contributed by atoms with Crippen LogP contribution in [0.3, 0.4) is 0 Å². The molecule has 0 bridgehead atoms. The molecule has 1 amide bonds. The molecule has 1 aliphatic rings. The van der Waals surface area contributed by atoms with Gasteiger partial charge >= 0.3 is 5.97 Å². The summed E-state index contributed by atoms with van der Waals surface area (Å²) in [5, 5.41) is 18.3. The minimum atomic E-state index is -0.833. The summed E-state index contributed by atoms with van der Waals surface area (Å²) < 4.78 is 5.37. The Balaban J connectivity index is 1.35. The van der Waals surface area contributed by atoms with Gasteiger partial charge in [-0.3, -0.25) is 20.2 Å². The Kier molecular flexibility index (Phi) is 6.70. The Labute approximate surface area is 213 Å². The molecule has 188 valence electrons. The van der Waals surface area contributed by atoms with E-state index in [9.17, 15) is 19.7 Å². The number of nitrogens with one attached hydrogen (secondary N) is 3. The van der Waals surface area contributed by atoms with E-state index in [-0.39, 0.29) is 18.2 Å². The average Bonchev–Trinajstić information content (AvgIpc) is 3.30. The number of H-pyrrole nitrogens is 1. The molecule has 3 atom stereocenters. The van der Waals surface area contributed by atoms with Gasteiger partial charge < -0.3 is 15.0 Å². The lowest BCUT2D eigenvalue weighted by molar-refractivity contribution is -0.384. The van der Waals surface area contributed by atoms with Crippen LogP contribution < -0.4 is 10.6 Å². The topological polar surface area (TPSA) is 126 Å². The summed E-state index contributed by atoms with van der Waals surface area (Å²) in [5.41, 5.74) is 4.49. The van der Waals surface area contributed by atoms with Crippen molar-refractivity contribution in [2.45, 2.75) is 38.1 Å². The smallest absolute Gasteiger partial charge is 0.328 e. The minimum Gasteiger partial charge on any atom is -0.459 e. The van der Waals surface area contributed by atoms with E-state index < -0.39 is 29.0 Å². The molecule has 5 rings (SSSR count). The highest BCUT2D eigenvalue weighted by atomic mass is 16.6. The first kappa shape index (κ1) is 24.2. The number of nitro benzene ring substituents is 1. The van der Waals surface area contributed by atoms with Gasteiger partial charge in [0.05, 0.1) is 17.0 Å². The fourth-order valence-electron chi connectivity index (χ4n) is 4.68. The number of ether oxygens (including phenoxy) is 1. The van der Waals surface area contributed by atoms with E-state index in [1.807, 2.05) is 54.6 Å². The zero-order valence-corrected chi connectivity index (χ0v) is 20.1. The lowest BCUT2D eigenvalue weighted by atomic mass is 9.90. The van der Waals surface area contributed by atoms with Crippen molar-refractivity contribution in [3.63, 3.8) is 0 Å². The standard InChI is InChI=1S/C28H26N4O5/c1-17(28(34)37-16-18-7-3-2-4-8-18)29-27(33)24-15-22-21-9-5-6-10-23(21)30-26(22)25(31-24)19-11-13-20(14-12-19)32(35)36/h2-14,17,24-25,30-31H,15-16H2,1H3,(H,29,33)/t17-,24-,25-/m0/s1. The summed E-state index contributed by atoms with van der Waals surface area (Å²) >= 11 is 0. The molecular formula is C28H26N4O5. The zero-order valence-electron chi connectivity index (χ0n) is 20.1. The zero-order chi connectivity index (χ0) is 25.9. The van der Waals surface area contributed by atoms with E-state index in [0.717, 1.165) is 33.3 Å². The number of nitro groups is 1. The molecule has 37 heavy (non-hydrogen) atoms. The number of fused-ring (bicyclic) bond motifs is 3. The summed E-state index contributed by atoms with van der Waals surface area (Å²) in [6.45, 7) is 1.72. The van der Waals surface area contributed by atoms with Gasteiger partial charge in [-0.1, -0.05) is 60.7 Å². The molecule has 4 aromatic rings. The number of aromatic amines is 1. The van der Waals surface area contributed by atoms with Gasteiger partial charge in [0.1, 0.15) is 12.6 Å². The number of amides is 1. The van der Waals surface area contributed by atoms with Gasteiger partial charge in [0.25, 0.3) is 5.69 Å². The maximum atomic E-state index is 13.3. The number of esters is 1. The van der Waals surface area contributed by atoms with E-state index in [1.165, 1.54) is 12.1 Å². The number of nitrogens with zero attached hydrogens (tertiary/aromatic N) is 1. The second kappa shape index (κ2) is 10.2. The summed E-state index contributed by atoms with van der Waals surface area (Å²) in [5.74, 6) is -0.847. The fourth-order valence-corrected chi connectivity index (χ4v) is 4.68. The van der Waals surface area contributed by atoms with Gasteiger partial charge in [0.2, 0.25) is 5.91 Å². The number of benzene rings is 3. The van der Waals surface area contributed by atoms with Crippen molar-refractivity contribution in [3.8, 4) is 0 Å². The van der Waals surface area contributed by atoms with Crippen LogP contribution in [-0.2, 0) is 27.4 Å². The van der Waals surface area contributed by atoms with Crippen molar-refractivity contribution >= 4 is 28.5 Å². The number of hydrogen-bond acceptors (Lipinski definition) is 6. The fraction of sp³-hybridized carbons (Fsp3) is 0.214. The van der Waals surface area contributed by atoms with Crippen molar-refractivity contribution in [3.05, 3.63) is 111 Å². The maximum absolute atomic E-state index is 13.3. The average molecular weight is 499 g/mol. The Hall–Kier alpha value is -4.50. The van der Waals surface area contributed by atoms with Gasteiger partial charge in [-0.15, -0.1) is 0 Å². The summed E-state index contributed by atoms with van der Waals surface area (Å²) in [4.78, 5) is 39.9. The number of carbonyl (C=O) groups is 2. The predicted octanol–water partition coefficient (Wildman–Crippen LogP) is 3.93. The first-order valence-electron chi connectivity index (χ1n) is 12.0. The van der Waals surface area contributed by atoms with Gasteiger partial charge in [-0.25, -0.2) is 4.79 Å². The summed E-state index contributed by atoms with van der Waals surface area (Å²) in [6.07, 6.45) is 0.417. The molecule has 0 unspecified atom stereocenters. The Bertz CT molecular complexity index is 1450. The van der Waals surface area contributed by atoms with E-state index in [4.69, 9.17) is 4.74 Å². The van der Waals surface area contributed by atoms with Crippen LogP contribution in [0.1, 0.15) is 35.3 Å². The summed E-state index contributed by atoms with van der Waals surface area (Å²) in [6, 6.07) is 21.6. The van der Waals surface area contributed by atoms with E-state index in [0.29, 0.717) is 6.42 Å². The van der Waals surface area contributed by atoms with E-state index in [2.05, 4.69) is 15.6 Å². The quantitative estimate of drug-likeness (QED) is 0.201. The summed E-state index contributed by atoms with van der Waals surface area (Å²) in [7, 11) is 0. The SMILES string of the molecule is C[C@H](NC(=O)[C@@H]1Cc2c([nH]c3ccccc23)[C@H](c2ccc([N+](=O)[O-])cc2)N1)C(=O)OCc1ccccc1. The lowest BCUT2D eigenvalue weighted by Crippen LogP contribution is -2.53. The first-order chi connectivity index (χ1) is 17.9. The van der Waals surface area contributed by atoms with Gasteiger partial charge in [-0.05, 0) is 36.1 Å². The number of para-hydroxylation sites is 1. The largest absolute Gasteiger partial charge is 0.459 e. The molecule has 0 saturated carbocycles. The second-order valence-electron chi connectivity index (χ2n) is 9.09. The van der Waals surface area contributed by atoms with Crippen LogP contribution >= 0.6 is 0 Å². The van der Waals surface area contributed by atoms with E-state index >= 15 is 0 Å². The third-order valence-corrected chi connectivity index (χ3v) is 6.60. The Morgan fingerprint density at radius 3 is 2.49 bits per heavy atom. The molecule has 9 heteroatoms. The molecular weight excluding hydrogens is 472 g/mol. The molecule has 1 aromatic heterocycles. The van der Waals surface area contributed by atoms with Gasteiger partial charge in [0, 0.05) is 28.7 Å². The number of carbonyl (C=O) groups excluding carboxylic acids is 2. The highest BCUT2D eigenvalue weighted by molar-refractivity contribution is 5.90. The molecule has 0 saturated heterocycles. The third-order valence-electron chi connectivity index (χ3n) is 6.60. The second-order valence-corrected chi connectivity index (χ2v) is 9.09. The minimum absolute atomic E-state index is 0.00596. The highest BCUT2D eigenvalue weighted by Crippen LogP contribution is 2.35. The molecule has 2 heterocycles. The number of hydrogen-bond donors (Lipinski definition) is 3. The third kappa shape index (κ3) is 5.07. The van der Waals surface area contributed by atoms with Crippen LogP contribution in [0.5, 0.6) is 0 Å². The van der Waals surface area contributed by atoms with Crippen molar-refractivity contribution in [1.29, 1.82) is 0 Å². The number of non-ortho nitro benzene ring substituents is 1. The molecule has 9 nitrogen and oxygen atoms in total. The van der Waals surface area contributed by atoms with Crippen molar-refractivity contribution in [1.82, 2.24) is 15.6 Å². The normalized spacial score (nSPS) is 17.5. The molecule has 0 fully saturated rings. The van der Waals surface area contributed by atoms with Crippen LogP contribution in [0, 0.1) is 10.1 Å². The van der Waals surface area contributed by atoms with E-state index in [1.54, 1.807) is 19.1 Å². The number of aromatic nitrogens is 1. The Morgan fingerprint density at radius 1 is 1.05 bits per heavy atom. The molecule has 0 aliphatic carbocycles. The number of rotatable bonds is 7. The van der Waals surface area contributed by atoms with Crippen LogP contribution in [0.15, 0.2) is 78.9 Å². The molecule has 3 aromatic carbocycles. The van der Waals surface area contributed by atoms with Crippen LogP contribution in [0.25, 0.3) is 10.9 Å². The van der Waals surface area contributed by atoms with Crippen molar-refractivity contribution < 1.29 is 19.2 Å². The van der Waals surface area contributed by atoms with Crippen LogP contribution in [-0.4, -0.2) is 33.9 Å². The lowest BCUT2D eigenvalue weighted by Gasteiger charge is -2.31. The molecule has 1 aliphatic heterocycles. The van der Waals surface area contributed by atoms with Crippen molar-refractivity contribution in [2.24, 2.45) is 0 Å². The molecule has 0 radical (unpaired) electrons. The molecule has 0 spiro atoms. The predicted molar refractivity (Wildman–Crippen MR) is 138 cm³/mol. The Morgan fingerprint density at radius 2 is 1.76 bits per heavy atom. The molecule has 3 N–H and O–H groups in total. The van der Waals surface area contributed by atoms with Crippen LogP contribution in [0.2, 0.25) is 0 Å². The van der Waals surface area contributed by atoms with Crippen LogP contribution in [0.4, 0.5) is 5.69 Å². The first-order valence-corrected chi connectivity index (χ1v) is 12.0. The monoisotopic (exact) mass is 498 g/mol. The highest BCUT2D eigenvalue weighted by Gasteiger charge is 2.35.